The molecule has 0 aliphatic carbocycles. The molecule has 0 amide bonds. The first-order chi connectivity index (χ1) is 7.34. The van der Waals surface area contributed by atoms with E-state index in [4.69, 9.17) is 4.74 Å². The van der Waals surface area contributed by atoms with Crippen LogP contribution in [-0.2, 0) is 11.2 Å². The maximum Gasteiger partial charge on any atom is 0.168 e. The van der Waals surface area contributed by atoms with Gasteiger partial charge < -0.3 is 9.84 Å². The van der Waals surface area contributed by atoms with Crippen LogP contribution >= 0.6 is 15.9 Å². The van der Waals surface area contributed by atoms with E-state index in [-0.39, 0.29) is 12.2 Å². The average molecular weight is 287 g/mol. The summed E-state index contributed by atoms with van der Waals surface area (Å²) in [6, 6.07) is 5.42. The quantitative estimate of drug-likeness (QED) is 0.924. The molecule has 3 nitrogen and oxygen atoms in total. The lowest BCUT2D eigenvalue weighted by Crippen LogP contribution is -2.32. The van der Waals surface area contributed by atoms with Crippen LogP contribution in [0.1, 0.15) is 19.4 Å². The highest BCUT2D eigenvalue weighted by atomic mass is 79.9. The van der Waals surface area contributed by atoms with E-state index in [2.05, 4.69) is 15.9 Å². The Hall–Kier alpha value is -0.870. The molecule has 0 aliphatic rings. The van der Waals surface area contributed by atoms with Crippen LogP contribution in [0.15, 0.2) is 22.7 Å². The third-order valence-electron chi connectivity index (χ3n) is 2.29. The number of benzene rings is 1. The first kappa shape index (κ1) is 13.2. The number of carbonyl (C=O) groups is 1. The Bertz CT molecular complexity index is 394. The van der Waals surface area contributed by atoms with E-state index < -0.39 is 5.60 Å². The van der Waals surface area contributed by atoms with E-state index in [1.54, 1.807) is 13.2 Å². The molecule has 16 heavy (non-hydrogen) atoms. The largest absolute Gasteiger partial charge is 0.497 e. The maximum atomic E-state index is 11.7. The molecule has 0 aromatic heterocycles. The van der Waals surface area contributed by atoms with Crippen molar-refractivity contribution in [2.75, 3.05) is 7.11 Å². The fourth-order valence-electron chi connectivity index (χ4n) is 1.20. The zero-order chi connectivity index (χ0) is 12.3. The Morgan fingerprint density at radius 2 is 2.12 bits per heavy atom. The molecule has 0 saturated carbocycles. The van der Waals surface area contributed by atoms with Crippen molar-refractivity contribution >= 4 is 21.7 Å². The molecular weight excluding hydrogens is 272 g/mol. The molecule has 4 heteroatoms. The summed E-state index contributed by atoms with van der Waals surface area (Å²) < 4.78 is 5.92. The van der Waals surface area contributed by atoms with Gasteiger partial charge >= 0.3 is 0 Å². The lowest BCUT2D eigenvalue weighted by atomic mass is 9.97. The maximum absolute atomic E-state index is 11.7. The molecular formula is C12H15BrO3. The van der Waals surface area contributed by atoms with Crippen molar-refractivity contribution in [2.24, 2.45) is 0 Å². The molecule has 0 saturated heterocycles. The number of aliphatic hydroxyl groups is 1. The van der Waals surface area contributed by atoms with E-state index in [1.165, 1.54) is 13.8 Å². The zero-order valence-corrected chi connectivity index (χ0v) is 11.2. The van der Waals surface area contributed by atoms with Crippen molar-refractivity contribution < 1.29 is 14.6 Å². The molecule has 0 aliphatic heterocycles. The van der Waals surface area contributed by atoms with E-state index in [1.807, 2.05) is 12.1 Å². The number of rotatable bonds is 4. The predicted molar refractivity (Wildman–Crippen MR) is 65.7 cm³/mol. The van der Waals surface area contributed by atoms with E-state index in [0.717, 1.165) is 10.0 Å². The molecule has 0 heterocycles. The fraction of sp³-hybridized carbons (Fsp3) is 0.417. The van der Waals surface area contributed by atoms with Crippen molar-refractivity contribution in [1.82, 2.24) is 0 Å². The van der Waals surface area contributed by atoms with Crippen LogP contribution in [0.4, 0.5) is 0 Å². The minimum atomic E-state index is -1.30. The molecule has 0 unspecified atom stereocenters. The van der Waals surface area contributed by atoms with E-state index in [0.29, 0.717) is 5.75 Å². The number of hydrogen-bond donors (Lipinski definition) is 1. The standard InChI is InChI=1S/C12H15BrO3/c1-12(2,15)11(14)7-8-6-9(16-3)4-5-10(8)13/h4-6,15H,7H2,1-3H3. The molecule has 0 bridgehead atoms. The van der Waals surface area contributed by atoms with Gasteiger partial charge in [-0.15, -0.1) is 0 Å². The Balaban J connectivity index is 2.92. The van der Waals surface area contributed by atoms with Crippen molar-refractivity contribution in [3.63, 3.8) is 0 Å². The number of halogens is 1. The molecule has 0 fully saturated rings. The SMILES string of the molecule is COc1ccc(Br)c(CC(=O)C(C)(C)O)c1. The van der Waals surface area contributed by atoms with Gasteiger partial charge in [0.05, 0.1) is 7.11 Å². The summed E-state index contributed by atoms with van der Waals surface area (Å²) in [5.74, 6) is 0.475. The Kier molecular flexibility index (Phi) is 4.10. The first-order valence-corrected chi connectivity index (χ1v) is 5.72. The smallest absolute Gasteiger partial charge is 0.168 e. The summed E-state index contributed by atoms with van der Waals surface area (Å²) in [7, 11) is 1.57. The van der Waals surface area contributed by atoms with Gasteiger partial charge in [-0.1, -0.05) is 15.9 Å². The number of ether oxygens (including phenoxy) is 1. The van der Waals surface area contributed by atoms with Gasteiger partial charge in [0.15, 0.2) is 5.78 Å². The van der Waals surface area contributed by atoms with Crippen molar-refractivity contribution in [1.29, 1.82) is 0 Å². The van der Waals surface area contributed by atoms with Crippen molar-refractivity contribution in [3.8, 4) is 5.75 Å². The molecule has 0 radical (unpaired) electrons. The third kappa shape index (κ3) is 3.32. The highest BCUT2D eigenvalue weighted by Gasteiger charge is 2.24. The topological polar surface area (TPSA) is 46.5 Å². The van der Waals surface area contributed by atoms with Crippen LogP contribution in [0.3, 0.4) is 0 Å². The number of methoxy groups -OCH3 is 1. The van der Waals surface area contributed by atoms with Gasteiger partial charge in [-0.25, -0.2) is 0 Å². The van der Waals surface area contributed by atoms with Gasteiger partial charge in [-0.05, 0) is 37.6 Å². The second kappa shape index (κ2) is 4.97. The highest BCUT2D eigenvalue weighted by molar-refractivity contribution is 9.10. The van der Waals surface area contributed by atoms with Gasteiger partial charge in [0.25, 0.3) is 0 Å². The molecule has 1 aromatic carbocycles. The van der Waals surface area contributed by atoms with Crippen LogP contribution in [0, 0.1) is 0 Å². The summed E-state index contributed by atoms with van der Waals surface area (Å²) in [4.78, 5) is 11.7. The van der Waals surface area contributed by atoms with Gasteiger partial charge in [-0.2, -0.15) is 0 Å². The average Bonchev–Trinajstić information content (AvgIpc) is 2.19. The van der Waals surface area contributed by atoms with Gasteiger partial charge in [0.2, 0.25) is 0 Å². The lowest BCUT2D eigenvalue weighted by Gasteiger charge is -2.16. The minimum absolute atomic E-state index is 0.182. The lowest BCUT2D eigenvalue weighted by molar-refractivity contribution is -0.133. The summed E-state index contributed by atoms with van der Waals surface area (Å²) in [5.41, 5.74) is -0.492. The van der Waals surface area contributed by atoms with E-state index in [9.17, 15) is 9.90 Å². The van der Waals surface area contributed by atoms with Crippen LogP contribution in [0.25, 0.3) is 0 Å². The number of ketones is 1. The highest BCUT2D eigenvalue weighted by Crippen LogP contribution is 2.24. The van der Waals surface area contributed by atoms with Crippen LogP contribution in [0.5, 0.6) is 5.75 Å². The van der Waals surface area contributed by atoms with Gasteiger partial charge in [0, 0.05) is 10.9 Å². The summed E-state index contributed by atoms with van der Waals surface area (Å²) in [5, 5.41) is 9.57. The summed E-state index contributed by atoms with van der Waals surface area (Å²) in [6.07, 6.45) is 0.182. The van der Waals surface area contributed by atoms with Crippen molar-refractivity contribution in [2.45, 2.75) is 25.9 Å². The molecule has 1 rings (SSSR count). The number of hydrogen-bond acceptors (Lipinski definition) is 3. The van der Waals surface area contributed by atoms with Gasteiger partial charge in [0.1, 0.15) is 11.4 Å². The molecule has 1 N–H and O–H groups in total. The number of carbonyl (C=O) groups excluding carboxylic acids is 1. The monoisotopic (exact) mass is 286 g/mol. The molecule has 88 valence electrons. The van der Waals surface area contributed by atoms with Crippen LogP contribution in [-0.4, -0.2) is 23.6 Å². The second-order valence-corrected chi connectivity index (χ2v) is 4.97. The molecule has 0 spiro atoms. The first-order valence-electron chi connectivity index (χ1n) is 4.92. The van der Waals surface area contributed by atoms with Crippen molar-refractivity contribution in [3.05, 3.63) is 28.2 Å². The molecule has 1 aromatic rings. The predicted octanol–water partition coefficient (Wildman–Crippen LogP) is 2.34. The molecule has 0 atom stereocenters. The minimum Gasteiger partial charge on any atom is -0.497 e. The summed E-state index contributed by atoms with van der Waals surface area (Å²) in [6.45, 7) is 2.98. The van der Waals surface area contributed by atoms with Gasteiger partial charge in [-0.3, -0.25) is 4.79 Å². The third-order valence-corrected chi connectivity index (χ3v) is 3.06. The summed E-state index contributed by atoms with van der Waals surface area (Å²) >= 11 is 3.37. The Labute approximate surface area is 104 Å². The zero-order valence-electron chi connectivity index (χ0n) is 9.58. The second-order valence-electron chi connectivity index (χ2n) is 4.12. The Morgan fingerprint density at radius 1 is 1.50 bits per heavy atom. The van der Waals surface area contributed by atoms with Crippen LogP contribution < -0.4 is 4.74 Å². The fourth-order valence-corrected chi connectivity index (χ4v) is 1.59. The van der Waals surface area contributed by atoms with E-state index >= 15 is 0 Å². The Morgan fingerprint density at radius 3 is 2.62 bits per heavy atom. The van der Waals surface area contributed by atoms with Crippen LogP contribution in [0.2, 0.25) is 0 Å². The number of Topliss-reactive ketones (excluding diaryl/α,β-unsaturated/α-hetero) is 1. The normalized spacial score (nSPS) is 11.3.